The van der Waals surface area contributed by atoms with Crippen molar-refractivity contribution in [3.8, 4) is 0 Å². The third kappa shape index (κ3) is 8.57. The van der Waals surface area contributed by atoms with Gasteiger partial charge in [-0.3, -0.25) is 4.99 Å². The Morgan fingerprint density at radius 3 is 2.96 bits per heavy atom. The Morgan fingerprint density at radius 1 is 1.39 bits per heavy atom. The molecule has 2 N–H and O–H groups in total. The topological polar surface area (TPSA) is 68.0 Å². The molecule has 1 atom stereocenters. The van der Waals surface area contributed by atoms with E-state index in [9.17, 15) is 0 Å². The van der Waals surface area contributed by atoms with Gasteiger partial charge in [0, 0.05) is 32.7 Å². The zero-order valence-corrected chi connectivity index (χ0v) is 16.1. The van der Waals surface area contributed by atoms with Crippen LogP contribution in [0.15, 0.2) is 27.8 Å². The highest BCUT2D eigenvalue weighted by atomic mass is 127. The quantitative estimate of drug-likeness (QED) is 0.268. The number of rotatable bonds is 9. The third-order valence-corrected chi connectivity index (χ3v) is 3.46. The van der Waals surface area contributed by atoms with Gasteiger partial charge < -0.3 is 24.5 Å². The molecule has 0 amide bonds. The van der Waals surface area contributed by atoms with Crippen LogP contribution < -0.4 is 10.6 Å². The van der Waals surface area contributed by atoms with E-state index >= 15 is 0 Å². The molecule has 0 spiro atoms. The van der Waals surface area contributed by atoms with E-state index < -0.39 is 0 Å². The second-order valence-corrected chi connectivity index (χ2v) is 5.20. The fourth-order valence-corrected chi connectivity index (χ4v) is 2.30. The molecular formula is C16H28IN3O3. The van der Waals surface area contributed by atoms with Crippen LogP contribution in [0.3, 0.4) is 0 Å². The van der Waals surface area contributed by atoms with Crippen molar-refractivity contribution >= 4 is 29.9 Å². The van der Waals surface area contributed by atoms with Crippen molar-refractivity contribution in [2.75, 3.05) is 39.5 Å². The second-order valence-electron chi connectivity index (χ2n) is 5.20. The van der Waals surface area contributed by atoms with Crippen molar-refractivity contribution in [3.63, 3.8) is 0 Å². The van der Waals surface area contributed by atoms with E-state index in [-0.39, 0.29) is 30.1 Å². The largest absolute Gasteiger partial charge is 0.469 e. The van der Waals surface area contributed by atoms with E-state index in [1.165, 1.54) is 0 Å². The molecule has 1 aromatic rings. The Bertz CT molecular complexity index is 420. The number of furan rings is 1. The van der Waals surface area contributed by atoms with Crippen LogP contribution in [0.5, 0.6) is 0 Å². The minimum absolute atomic E-state index is 0. The van der Waals surface area contributed by atoms with Gasteiger partial charge in [-0.1, -0.05) is 0 Å². The molecule has 1 aliphatic rings. The van der Waals surface area contributed by atoms with Gasteiger partial charge in [0.15, 0.2) is 5.96 Å². The first-order valence-electron chi connectivity index (χ1n) is 8.12. The van der Waals surface area contributed by atoms with Crippen LogP contribution in [-0.2, 0) is 15.9 Å². The fourth-order valence-electron chi connectivity index (χ4n) is 2.30. The molecule has 23 heavy (non-hydrogen) atoms. The van der Waals surface area contributed by atoms with Crippen molar-refractivity contribution in [1.29, 1.82) is 0 Å². The maximum Gasteiger partial charge on any atom is 0.191 e. The molecule has 0 radical (unpaired) electrons. The molecule has 1 saturated heterocycles. The lowest BCUT2D eigenvalue weighted by molar-refractivity contribution is 0.117. The van der Waals surface area contributed by atoms with Gasteiger partial charge in [0.2, 0.25) is 0 Å². The van der Waals surface area contributed by atoms with Crippen molar-refractivity contribution in [2.24, 2.45) is 4.99 Å². The smallest absolute Gasteiger partial charge is 0.191 e. The SMILES string of the molecule is CCOCCNC(=NCC1CCCO1)NCCc1ccco1.I. The van der Waals surface area contributed by atoms with Crippen LogP contribution >= 0.6 is 24.0 Å². The standard InChI is InChI=1S/C16H27N3O3.HI/c1-2-20-12-9-18-16(19-13-15-6-4-11-22-15)17-8-7-14-5-3-10-21-14;/h3,5,10,15H,2,4,6-9,11-13H2,1H3,(H2,17,18,19);1H. The summed E-state index contributed by atoms with van der Waals surface area (Å²) in [6, 6.07) is 3.88. The monoisotopic (exact) mass is 437 g/mol. The highest BCUT2D eigenvalue weighted by Crippen LogP contribution is 2.11. The maximum atomic E-state index is 5.61. The number of guanidine groups is 1. The fraction of sp³-hybridized carbons (Fsp3) is 0.688. The van der Waals surface area contributed by atoms with Crippen LogP contribution in [-0.4, -0.2) is 51.5 Å². The van der Waals surface area contributed by atoms with E-state index in [1.807, 2.05) is 19.1 Å². The summed E-state index contributed by atoms with van der Waals surface area (Å²) in [7, 11) is 0. The van der Waals surface area contributed by atoms with E-state index in [0.717, 1.165) is 57.3 Å². The van der Waals surface area contributed by atoms with Crippen molar-refractivity contribution in [2.45, 2.75) is 32.3 Å². The molecule has 0 aliphatic carbocycles. The van der Waals surface area contributed by atoms with Crippen LogP contribution in [0.2, 0.25) is 0 Å². The minimum atomic E-state index is 0. The van der Waals surface area contributed by atoms with Crippen molar-refractivity contribution in [3.05, 3.63) is 24.2 Å². The number of hydrogen-bond acceptors (Lipinski definition) is 4. The minimum Gasteiger partial charge on any atom is -0.469 e. The molecule has 7 heteroatoms. The molecule has 0 saturated carbocycles. The van der Waals surface area contributed by atoms with Gasteiger partial charge >= 0.3 is 0 Å². The molecule has 6 nitrogen and oxygen atoms in total. The lowest BCUT2D eigenvalue weighted by Crippen LogP contribution is -2.40. The Labute approximate surface area is 155 Å². The van der Waals surface area contributed by atoms with Gasteiger partial charge in [-0.2, -0.15) is 0 Å². The normalized spacial score (nSPS) is 17.8. The number of aliphatic imine (C=N–C) groups is 1. The Morgan fingerprint density at radius 2 is 2.26 bits per heavy atom. The van der Waals surface area contributed by atoms with Crippen molar-refractivity contribution in [1.82, 2.24) is 10.6 Å². The van der Waals surface area contributed by atoms with Gasteiger partial charge in [0.1, 0.15) is 5.76 Å². The Kier molecular flexibility index (Phi) is 11.1. The summed E-state index contributed by atoms with van der Waals surface area (Å²) >= 11 is 0. The summed E-state index contributed by atoms with van der Waals surface area (Å²) in [5.74, 6) is 1.78. The van der Waals surface area contributed by atoms with E-state index in [2.05, 4.69) is 15.6 Å². The van der Waals surface area contributed by atoms with Gasteiger partial charge in [-0.05, 0) is 31.9 Å². The van der Waals surface area contributed by atoms with Crippen LogP contribution in [0, 0.1) is 0 Å². The van der Waals surface area contributed by atoms with E-state index in [1.54, 1.807) is 6.26 Å². The van der Waals surface area contributed by atoms with E-state index in [4.69, 9.17) is 13.9 Å². The number of hydrogen-bond donors (Lipinski definition) is 2. The van der Waals surface area contributed by atoms with Crippen molar-refractivity contribution < 1.29 is 13.9 Å². The highest BCUT2D eigenvalue weighted by Gasteiger charge is 2.14. The predicted octanol–water partition coefficient (Wildman–Crippen LogP) is 2.19. The lowest BCUT2D eigenvalue weighted by atomic mass is 10.2. The molecule has 1 aliphatic heterocycles. The van der Waals surface area contributed by atoms with Gasteiger partial charge in [-0.15, -0.1) is 24.0 Å². The molecule has 1 aromatic heterocycles. The van der Waals surface area contributed by atoms with Crippen LogP contribution in [0.1, 0.15) is 25.5 Å². The third-order valence-electron chi connectivity index (χ3n) is 3.46. The first-order chi connectivity index (χ1) is 10.9. The predicted molar refractivity (Wildman–Crippen MR) is 102 cm³/mol. The summed E-state index contributed by atoms with van der Waals surface area (Å²) in [6.07, 6.45) is 5.03. The van der Waals surface area contributed by atoms with Gasteiger partial charge in [0.05, 0.1) is 25.5 Å². The summed E-state index contributed by atoms with van der Waals surface area (Å²) in [6.45, 7) is 6.48. The summed E-state index contributed by atoms with van der Waals surface area (Å²) < 4.78 is 16.3. The zero-order chi connectivity index (χ0) is 15.5. The first kappa shape index (κ1) is 20.2. The van der Waals surface area contributed by atoms with E-state index in [0.29, 0.717) is 13.2 Å². The average molecular weight is 437 g/mol. The molecule has 0 aromatic carbocycles. The van der Waals surface area contributed by atoms with Crippen LogP contribution in [0.4, 0.5) is 0 Å². The Balaban J connectivity index is 0.00000264. The second kappa shape index (κ2) is 12.6. The number of halogens is 1. The molecular weight excluding hydrogens is 409 g/mol. The maximum absolute atomic E-state index is 5.61. The lowest BCUT2D eigenvalue weighted by Gasteiger charge is -2.13. The first-order valence-corrected chi connectivity index (χ1v) is 8.12. The van der Waals surface area contributed by atoms with Gasteiger partial charge in [0.25, 0.3) is 0 Å². The molecule has 0 bridgehead atoms. The van der Waals surface area contributed by atoms with Gasteiger partial charge in [-0.25, -0.2) is 0 Å². The molecule has 1 fully saturated rings. The van der Waals surface area contributed by atoms with Crippen LogP contribution in [0.25, 0.3) is 0 Å². The number of nitrogens with one attached hydrogen (secondary N) is 2. The molecule has 2 rings (SSSR count). The average Bonchev–Trinajstić information content (AvgIpc) is 3.21. The summed E-state index contributed by atoms with van der Waals surface area (Å²) in [5.41, 5.74) is 0. The molecule has 132 valence electrons. The summed E-state index contributed by atoms with van der Waals surface area (Å²) in [5, 5.41) is 6.61. The highest BCUT2D eigenvalue weighted by molar-refractivity contribution is 14.0. The molecule has 1 unspecified atom stereocenters. The Hall–Kier alpha value is -0.800. The number of nitrogens with zero attached hydrogens (tertiary/aromatic N) is 1. The summed E-state index contributed by atoms with van der Waals surface area (Å²) in [4.78, 5) is 4.61. The number of ether oxygens (including phenoxy) is 2. The zero-order valence-electron chi connectivity index (χ0n) is 13.8. The molecule has 2 heterocycles.